The molecule has 0 amide bonds. The predicted octanol–water partition coefficient (Wildman–Crippen LogP) is 2.21. The van der Waals surface area contributed by atoms with Crippen LogP contribution in [-0.2, 0) is 16.0 Å². The summed E-state index contributed by atoms with van der Waals surface area (Å²) in [4.78, 5) is 12.6. The molecule has 0 spiro atoms. The van der Waals surface area contributed by atoms with Crippen molar-refractivity contribution in [3.63, 3.8) is 0 Å². The molecule has 2 N–H and O–H groups in total. The van der Waals surface area contributed by atoms with Gasteiger partial charge in [-0.25, -0.2) is 0 Å². The molecule has 0 fully saturated rings. The molecule has 16 heavy (non-hydrogen) atoms. The molecule has 3 nitrogen and oxygen atoms in total. The lowest BCUT2D eigenvalue weighted by atomic mass is 10.0. The molecule has 1 heterocycles. The Morgan fingerprint density at radius 2 is 2.31 bits per heavy atom. The van der Waals surface area contributed by atoms with E-state index in [4.69, 9.17) is 10.5 Å². The van der Waals surface area contributed by atoms with Crippen molar-refractivity contribution in [3.8, 4) is 0 Å². The maximum absolute atomic E-state index is 11.4. The summed E-state index contributed by atoms with van der Waals surface area (Å²) in [5, 5.41) is 2.02. The fourth-order valence-electron chi connectivity index (χ4n) is 1.21. The summed E-state index contributed by atoms with van der Waals surface area (Å²) >= 11 is 1.68. The highest BCUT2D eigenvalue weighted by atomic mass is 32.1. The number of ether oxygens (including phenoxy) is 1. The van der Waals surface area contributed by atoms with Crippen LogP contribution in [0.25, 0.3) is 0 Å². The van der Waals surface area contributed by atoms with E-state index >= 15 is 0 Å². The molecule has 0 aliphatic rings. The molecule has 1 unspecified atom stereocenters. The molecule has 1 rings (SSSR count). The van der Waals surface area contributed by atoms with Gasteiger partial charge in [-0.15, -0.1) is 11.3 Å². The minimum absolute atomic E-state index is 0.103. The van der Waals surface area contributed by atoms with Crippen LogP contribution in [0.5, 0.6) is 0 Å². The number of hydrogen-bond acceptors (Lipinski definition) is 4. The Morgan fingerprint density at radius 3 is 2.88 bits per heavy atom. The van der Waals surface area contributed by atoms with E-state index in [1.54, 1.807) is 11.3 Å². The Bertz CT molecular complexity index is 309. The number of rotatable bonds is 6. The SMILES string of the molecule is CC(C)C(N)CC(=O)OCCc1cccs1. The van der Waals surface area contributed by atoms with Crippen LogP contribution >= 0.6 is 11.3 Å². The lowest BCUT2D eigenvalue weighted by Crippen LogP contribution is -2.30. The van der Waals surface area contributed by atoms with E-state index < -0.39 is 0 Å². The largest absolute Gasteiger partial charge is 0.465 e. The van der Waals surface area contributed by atoms with Crippen molar-refractivity contribution in [1.82, 2.24) is 0 Å². The summed E-state index contributed by atoms with van der Waals surface area (Å²) in [6.07, 6.45) is 1.10. The second kappa shape index (κ2) is 6.66. The van der Waals surface area contributed by atoms with E-state index in [9.17, 15) is 4.79 Å². The van der Waals surface area contributed by atoms with Crippen LogP contribution < -0.4 is 5.73 Å². The molecule has 4 heteroatoms. The van der Waals surface area contributed by atoms with Gasteiger partial charge in [0.15, 0.2) is 0 Å². The van der Waals surface area contributed by atoms with E-state index in [1.807, 2.05) is 31.4 Å². The molecule has 1 aromatic heterocycles. The fourth-order valence-corrected chi connectivity index (χ4v) is 1.90. The van der Waals surface area contributed by atoms with Crippen molar-refractivity contribution in [3.05, 3.63) is 22.4 Å². The standard InChI is InChI=1S/C12H19NO2S/c1-9(2)11(13)8-12(14)15-6-5-10-4-3-7-16-10/h3-4,7,9,11H,5-6,8,13H2,1-2H3. The molecule has 0 aliphatic carbocycles. The summed E-state index contributed by atoms with van der Waals surface area (Å²) in [7, 11) is 0. The van der Waals surface area contributed by atoms with Gasteiger partial charge in [-0.3, -0.25) is 4.79 Å². The van der Waals surface area contributed by atoms with Gasteiger partial charge in [0, 0.05) is 17.3 Å². The van der Waals surface area contributed by atoms with E-state index in [0.29, 0.717) is 18.9 Å². The summed E-state index contributed by atoms with van der Waals surface area (Å²) in [5.41, 5.74) is 5.78. The van der Waals surface area contributed by atoms with Gasteiger partial charge in [0.25, 0.3) is 0 Å². The molecule has 90 valence electrons. The second-order valence-electron chi connectivity index (χ2n) is 4.16. The van der Waals surface area contributed by atoms with Gasteiger partial charge in [-0.2, -0.15) is 0 Å². The highest BCUT2D eigenvalue weighted by Crippen LogP contribution is 2.09. The zero-order chi connectivity index (χ0) is 12.0. The first kappa shape index (κ1) is 13.2. The molecule has 1 aromatic rings. The Morgan fingerprint density at radius 1 is 1.56 bits per heavy atom. The number of thiophene rings is 1. The van der Waals surface area contributed by atoms with Gasteiger partial charge in [0.05, 0.1) is 13.0 Å². The summed E-state index contributed by atoms with van der Waals surface area (Å²) in [6, 6.07) is 3.93. The third-order valence-corrected chi connectivity index (χ3v) is 3.39. The van der Waals surface area contributed by atoms with Gasteiger partial charge >= 0.3 is 5.97 Å². The normalized spacial score (nSPS) is 12.8. The van der Waals surface area contributed by atoms with E-state index in [1.165, 1.54) is 4.88 Å². The van der Waals surface area contributed by atoms with Crippen molar-refractivity contribution >= 4 is 17.3 Å². The smallest absolute Gasteiger partial charge is 0.307 e. The van der Waals surface area contributed by atoms with E-state index in [-0.39, 0.29) is 12.0 Å². The lowest BCUT2D eigenvalue weighted by Gasteiger charge is -2.14. The molecule has 1 atom stereocenters. The molecule has 0 aliphatic heterocycles. The monoisotopic (exact) mass is 241 g/mol. The molecular weight excluding hydrogens is 222 g/mol. The van der Waals surface area contributed by atoms with Gasteiger partial charge in [-0.1, -0.05) is 19.9 Å². The average Bonchev–Trinajstić information content (AvgIpc) is 2.70. The van der Waals surface area contributed by atoms with Crippen molar-refractivity contribution in [2.75, 3.05) is 6.61 Å². The number of hydrogen-bond donors (Lipinski definition) is 1. The maximum Gasteiger partial charge on any atom is 0.307 e. The fraction of sp³-hybridized carbons (Fsp3) is 0.583. The first-order chi connectivity index (χ1) is 7.59. The quantitative estimate of drug-likeness (QED) is 0.777. The molecule has 0 saturated carbocycles. The molecule has 0 bridgehead atoms. The van der Waals surface area contributed by atoms with Crippen LogP contribution in [0.3, 0.4) is 0 Å². The van der Waals surface area contributed by atoms with E-state index in [2.05, 4.69) is 0 Å². The summed E-state index contributed by atoms with van der Waals surface area (Å²) in [6.45, 7) is 4.46. The van der Waals surface area contributed by atoms with Crippen molar-refractivity contribution in [1.29, 1.82) is 0 Å². The summed E-state index contributed by atoms with van der Waals surface area (Å²) < 4.78 is 5.12. The average molecular weight is 241 g/mol. The highest BCUT2D eigenvalue weighted by molar-refractivity contribution is 7.09. The minimum Gasteiger partial charge on any atom is -0.465 e. The minimum atomic E-state index is -0.197. The first-order valence-electron chi connectivity index (χ1n) is 5.53. The van der Waals surface area contributed by atoms with Crippen LogP contribution in [0.4, 0.5) is 0 Å². The van der Waals surface area contributed by atoms with Gasteiger partial charge in [0.1, 0.15) is 0 Å². The first-order valence-corrected chi connectivity index (χ1v) is 6.41. The van der Waals surface area contributed by atoms with Crippen molar-refractivity contribution in [2.45, 2.75) is 32.7 Å². The Balaban J connectivity index is 2.15. The zero-order valence-electron chi connectivity index (χ0n) is 9.81. The molecule has 0 saturated heterocycles. The van der Waals surface area contributed by atoms with Gasteiger partial charge in [-0.05, 0) is 17.4 Å². The Hall–Kier alpha value is -0.870. The topological polar surface area (TPSA) is 52.3 Å². The number of esters is 1. The second-order valence-corrected chi connectivity index (χ2v) is 5.19. The van der Waals surface area contributed by atoms with Crippen LogP contribution in [0, 0.1) is 5.92 Å². The van der Waals surface area contributed by atoms with Crippen LogP contribution in [0.15, 0.2) is 17.5 Å². The van der Waals surface area contributed by atoms with Crippen LogP contribution in [-0.4, -0.2) is 18.6 Å². The predicted molar refractivity (Wildman–Crippen MR) is 66.4 cm³/mol. The Kier molecular flexibility index (Phi) is 5.49. The van der Waals surface area contributed by atoms with Crippen molar-refractivity contribution < 1.29 is 9.53 Å². The van der Waals surface area contributed by atoms with Crippen LogP contribution in [0.2, 0.25) is 0 Å². The number of carbonyl (C=O) groups is 1. The third kappa shape index (κ3) is 4.77. The molecular formula is C12H19NO2S. The number of nitrogens with two attached hydrogens (primary N) is 1. The maximum atomic E-state index is 11.4. The molecule has 0 radical (unpaired) electrons. The van der Waals surface area contributed by atoms with Crippen LogP contribution in [0.1, 0.15) is 25.1 Å². The summed E-state index contributed by atoms with van der Waals surface area (Å²) in [5.74, 6) is 0.114. The van der Waals surface area contributed by atoms with Gasteiger partial charge < -0.3 is 10.5 Å². The highest BCUT2D eigenvalue weighted by Gasteiger charge is 2.13. The number of carbonyl (C=O) groups excluding carboxylic acids is 1. The van der Waals surface area contributed by atoms with Crippen molar-refractivity contribution in [2.24, 2.45) is 11.7 Å². The zero-order valence-corrected chi connectivity index (χ0v) is 10.6. The molecule has 0 aromatic carbocycles. The van der Waals surface area contributed by atoms with Gasteiger partial charge in [0.2, 0.25) is 0 Å². The Labute approximate surface area is 101 Å². The lowest BCUT2D eigenvalue weighted by molar-refractivity contribution is -0.144. The van der Waals surface area contributed by atoms with E-state index in [0.717, 1.165) is 6.42 Å². The third-order valence-electron chi connectivity index (χ3n) is 2.45.